The summed E-state index contributed by atoms with van der Waals surface area (Å²) in [4.78, 5) is 38.4. The summed E-state index contributed by atoms with van der Waals surface area (Å²) in [5.41, 5.74) is 5.15. The van der Waals surface area contributed by atoms with Crippen LogP contribution < -0.4 is 16.0 Å². The number of hydrogen-bond acceptors (Lipinski definition) is 5. The molecule has 31 heavy (non-hydrogen) atoms. The lowest BCUT2D eigenvalue weighted by molar-refractivity contribution is -0.136. The molecule has 2 aromatic carbocycles. The highest BCUT2D eigenvalue weighted by atomic mass is 16.2. The van der Waals surface area contributed by atoms with E-state index in [0.29, 0.717) is 31.0 Å². The molecule has 160 valence electrons. The van der Waals surface area contributed by atoms with Crippen molar-refractivity contribution in [3.63, 3.8) is 0 Å². The number of nitrogens with zero attached hydrogens (tertiary/aromatic N) is 1. The van der Waals surface area contributed by atoms with E-state index in [4.69, 9.17) is 0 Å². The van der Waals surface area contributed by atoms with Crippen LogP contribution in [0.5, 0.6) is 0 Å². The van der Waals surface area contributed by atoms with Gasteiger partial charge in [-0.15, -0.1) is 0 Å². The van der Waals surface area contributed by atoms with E-state index in [1.807, 2.05) is 18.2 Å². The number of nitrogens with one attached hydrogen (secondary N) is 3. The molecule has 5 rings (SSSR count). The van der Waals surface area contributed by atoms with Gasteiger partial charge in [-0.25, -0.2) is 0 Å². The number of carbonyl (C=O) groups is 3. The summed E-state index contributed by atoms with van der Waals surface area (Å²) in [5, 5.41) is 9.10. The molecule has 0 spiro atoms. The van der Waals surface area contributed by atoms with Crippen LogP contribution >= 0.6 is 0 Å². The maximum atomic E-state index is 13.1. The van der Waals surface area contributed by atoms with E-state index in [-0.39, 0.29) is 24.1 Å². The smallest absolute Gasteiger partial charge is 0.255 e. The Kier molecular flexibility index (Phi) is 5.29. The van der Waals surface area contributed by atoms with Crippen molar-refractivity contribution in [3.8, 4) is 0 Å². The van der Waals surface area contributed by atoms with Gasteiger partial charge in [0.05, 0.1) is 0 Å². The SMILES string of the molecule is O=C1CCC(N2Cc3cccc(CNCc4ccc(C5CNC5)cc4)c3C2=O)C(=O)N1. The van der Waals surface area contributed by atoms with Crippen LogP contribution in [-0.2, 0) is 29.2 Å². The lowest BCUT2D eigenvalue weighted by Crippen LogP contribution is -2.52. The van der Waals surface area contributed by atoms with Crippen LogP contribution in [0.1, 0.15) is 51.4 Å². The predicted octanol–water partition coefficient (Wildman–Crippen LogP) is 1.42. The molecule has 3 amide bonds. The first-order valence-electron chi connectivity index (χ1n) is 10.9. The fraction of sp³-hybridized carbons (Fsp3) is 0.375. The average Bonchev–Trinajstić information content (AvgIpc) is 3.05. The first kappa shape index (κ1) is 19.9. The summed E-state index contributed by atoms with van der Waals surface area (Å²) >= 11 is 0. The zero-order valence-corrected chi connectivity index (χ0v) is 17.3. The minimum Gasteiger partial charge on any atom is -0.322 e. The highest BCUT2D eigenvalue weighted by Crippen LogP contribution is 2.30. The fourth-order valence-electron chi connectivity index (χ4n) is 4.61. The third-order valence-corrected chi connectivity index (χ3v) is 6.52. The Balaban J connectivity index is 1.23. The van der Waals surface area contributed by atoms with Crippen LogP contribution in [0.15, 0.2) is 42.5 Å². The largest absolute Gasteiger partial charge is 0.322 e. The van der Waals surface area contributed by atoms with Crippen molar-refractivity contribution in [3.05, 3.63) is 70.3 Å². The molecule has 0 bridgehead atoms. The summed E-state index contributed by atoms with van der Waals surface area (Å²) < 4.78 is 0. The predicted molar refractivity (Wildman–Crippen MR) is 115 cm³/mol. The Hall–Kier alpha value is -3.03. The van der Waals surface area contributed by atoms with Gasteiger partial charge in [0.1, 0.15) is 6.04 Å². The summed E-state index contributed by atoms with van der Waals surface area (Å²) in [6, 6.07) is 14.0. The van der Waals surface area contributed by atoms with E-state index in [1.165, 1.54) is 11.1 Å². The third-order valence-electron chi connectivity index (χ3n) is 6.52. The van der Waals surface area contributed by atoms with Crippen molar-refractivity contribution in [1.29, 1.82) is 0 Å². The minimum absolute atomic E-state index is 0.125. The van der Waals surface area contributed by atoms with E-state index in [1.54, 1.807) is 4.90 Å². The standard InChI is InChI=1S/C24H26N4O3/c29-21-9-8-20(23(30)27-21)28-14-18-3-1-2-17(22(18)24(28)31)11-25-10-15-4-6-16(7-5-15)19-12-26-13-19/h1-7,19-20,25-26H,8-14H2,(H,27,29,30). The highest BCUT2D eigenvalue weighted by Gasteiger charge is 2.39. The van der Waals surface area contributed by atoms with Gasteiger partial charge in [-0.2, -0.15) is 0 Å². The number of rotatable bonds is 6. The maximum Gasteiger partial charge on any atom is 0.255 e. The highest BCUT2D eigenvalue weighted by molar-refractivity contribution is 6.05. The Labute approximate surface area is 181 Å². The second-order valence-corrected chi connectivity index (χ2v) is 8.55. The van der Waals surface area contributed by atoms with Crippen LogP contribution in [0, 0.1) is 0 Å². The van der Waals surface area contributed by atoms with E-state index < -0.39 is 6.04 Å². The van der Waals surface area contributed by atoms with Gasteiger partial charge in [-0.05, 0) is 28.7 Å². The normalized spacial score (nSPS) is 21.1. The molecular weight excluding hydrogens is 392 g/mol. The molecule has 0 aromatic heterocycles. The van der Waals surface area contributed by atoms with E-state index in [9.17, 15) is 14.4 Å². The number of benzene rings is 2. The fourth-order valence-corrected chi connectivity index (χ4v) is 4.61. The number of carbonyl (C=O) groups excluding carboxylic acids is 3. The van der Waals surface area contributed by atoms with E-state index in [2.05, 4.69) is 40.2 Å². The molecule has 7 nitrogen and oxygen atoms in total. The van der Waals surface area contributed by atoms with E-state index >= 15 is 0 Å². The Morgan fingerprint density at radius 1 is 1.00 bits per heavy atom. The molecular formula is C24H26N4O3. The van der Waals surface area contributed by atoms with Gasteiger partial charge >= 0.3 is 0 Å². The van der Waals surface area contributed by atoms with Crippen molar-refractivity contribution in [1.82, 2.24) is 20.9 Å². The zero-order valence-electron chi connectivity index (χ0n) is 17.3. The van der Waals surface area contributed by atoms with Gasteiger partial charge in [-0.3, -0.25) is 19.7 Å². The average molecular weight is 418 g/mol. The molecule has 2 fully saturated rings. The number of fused-ring (bicyclic) bond motifs is 1. The van der Waals surface area contributed by atoms with Crippen LogP contribution in [0.25, 0.3) is 0 Å². The first-order valence-corrected chi connectivity index (χ1v) is 10.9. The molecule has 0 radical (unpaired) electrons. The van der Waals surface area contributed by atoms with Crippen LogP contribution in [0.2, 0.25) is 0 Å². The van der Waals surface area contributed by atoms with Gasteiger partial charge in [0, 0.05) is 50.6 Å². The Morgan fingerprint density at radius 3 is 2.52 bits per heavy atom. The van der Waals surface area contributed by atoms with Crippen molar-refractivity contribution >= 4 is 17.7 Å². The van der Waals surface area contributed by atoms with Gasteiger partial charge < -0.3 is 15.5 Å². The second-order valence-electron chi connectivity index (χ2n) is 8.55. The number of amides is 3. The molecule has 3 aliphatic rings. The quantitative estimate of drug-likeness (QED) is 0.618. The summed E-state index contributed by atoms with van der Waals surface area (Å²) in [5.74, 6) is -0.140. The van der Waals surface area contributed by atoms with Gasteiger partial charge in [-0.1, -0.05) is 42.5 Å². The zero-order chi connectivity index (χ0) is 21.4. The molecule has 2 saturated heterocycles. The monoisotopic (exact) mass is 418 g/mol. The van der Waals surface area contributed by atoms with Gasteiger partial charge in [0.15, 0.2) is 0 Å². The van der Waals surface area contributed by atoms with E-state index in [0.717, 1.165) is 30.8 Å². The summed E-state index contributed by atoms with van der Waals surface area (Å²) in [6.45, 7) is 3.82. The van der Waals surface area contributed by atoms with Gasteiger partial charge in [0.25, 0.3) is 5.91 Å². The summed E-state index contributed by atoms with van der Waals surface area (Å²) in [7, 11) is 0. The Bertz CT molecular complexity index is 1030. The molecule has 3 aliphatic heterocycles. The Morgan fingerprint density at radius 2 is 1.81 bits per heavy atom. The topological polar surface area (TPSA) is 90.5 Å². The molecule has 1 atom stereocenters. The molecule has 1 unspecified atom stereocenters. The molecule has 0 saturated carbocycles. The molecule has 0 aliphatic carbocycles. The summed E-state index contributed by atoms with van der Waals surface area (Å²) in [6.07, 6.45) is 0.645. The first-order chi connectivity index (χ1) is 15.1. The van der Waals surface area contributed by atoms with Crippen molar-refractivity contribution in [2.45, 2.75) is 44.4 Å². The maximum absolute atomic E-state index is 13.1. The second kappa shape index (κ2) is 8.24. The minimum atomic E-state index is -0.581. The molecule has 3 heterocycles. The third kappa shape index (κ3) is 3.86. The molecule has 7 heteroatoms. The number of imide groups is 1. The van der Waals surface area contributed by atoms with Crippen LogP contribution in [0.3, 0.4) is 0 Å². The number of piperidine rings is 1. The van der Waals surface area contributed by atoms with Crippen LogP contribution in [-0.4, -0.2) is 41.8 Å². The number of hydrogen-bond donors (Lipinski definition) is 3. The van der Waals surface area contributed by atoms with Crippen molar-refractivity contribution in [2.75, 3.05) is 13.1 Å². The molecule has 2 aromatic rings. The van der Waals surface area contributed by atoms with Crippen molar-refractivity contribution in [2.24, 2.45) is 0 Å². The van der Waals surface area contributed by atoms with Gasteiger partial charge in [0.2, 0.25) is 11.8 Å². The lowest BCUT2D eigenvalue weighted by atomic mass is 9.93. The lowest BCUT2D eigenvalue weighted by Gasteiger charge is -2.29. The molecule has 3 N–H and O–H groups in total. The van der Waals surface area contributed by atoms with Crippen molar-refractivity contribution < 1.29 is 14.4 Å². The van der Waals surface area contributed by atoms with Crippen LogP contribution in [0.4, 0.5) is 0 Å².